The van der Waals surface area contributed by atoms with Crippen LogP contribution in [-0.2, 0) is 24.4 Å². The lowest BCUT2D eigenvalue weighted by Crippen LogP contribution is -2.44. The van der Waals surface area contributed by atoms with E-state index in [4.69, 9.17) is 15.2 Å². The highest BCUT2D eigenvalue weighted by Gasteiger charge is 2.50. The number of rotatable bonds is 4. The molecule has 2 aromatic rings. The SMILES string of the molecule is Cn1c(N)c(C(=O)CN2C(=O)NC(C)(c3ccc4c(c3)OCCCO4)C2=O)c(=O)n(C)c1=O. The first-order valence-corrected chi connectivity index (χ1v) is 10.2. The van der Waals surface area contributed by atoms with Gasteiger partial charge in [-0.1, -0.05) is 6.07 Å². The molecule has 0 saturated carbocycles. The summed E-state index contributed by atoms with van der Waals surface area (Å²) < 4.78 is 12.9. The Morgan fingerprint density at radius 1 is 1.09 bits per heavy atom. The highest BCUT2D eigenvalue weighted by Crippen LogP contribution is 2.36. The number of anilines is 1. The number of nitrogens with two attached hydrogens (primary N) is 1. The minimum absolute atomic E-state index is 0.342. The standard InChI is InChI=1S/C21H23N5O7/c1-21(11-5-6-13-14(9-11)33-8-4-7-32-13)18(29)26(19(30)23-21)10-12(27)15-16(22)24(2)20(31)25(3)17(15)28/h5-6,9H,4,7-8,10,22H2,1-3H3,(H,23,30). The quantitative estimate of drug-likeness (QED) is 0.459. The Kier molecular flexibility index (Phi) is 5.23. The number of benzene rings is 1. The zero-order valence-electron chi connectivity index (χ0n) is 18.3. The van der Waals surface area contributed by atoms with Crippen LogP contribution in [0.15, 0.2) is 27.8 Å². The second-order valence-corrected chi connectivity index (χ2v) is 8.05. The Hall–Kier alpha value is -4.09. The lowest BCUT2D eigenvalue weighted by atomic mass is 9.91. The number of ketones is 1. The third kappa shape index (κ3) is 3.43. The van der Waals surface area contributed by atoms with E-state index in [0.717, 1.165) is 14.0 Å². The predicted molar refractivity (Wildman–Crippen MR) is 115 cm³/mol. The van der Waals surface area contributed by atoms with Gasteiger partial charge in [-0.3, -0.25) is 28.4 Å². The molecule has 1 unspecified atom stereocenters. The van der Waals surface area contributed by atoms with Crippen LogP contribution in [0.4, 0.5) is 10.6 Å². The van der Waals surface area contributed by atoms with E-state index in [1.165, 1.54) is 21.0 Å². The Labute approximate surface area is 187 Å². The van der Waals surface area contributed by atoms with E-state index < -0.39 is 46.6 Å². The highest BCUT2D eigenvalue weighted by atomic mass is 16.5. The topological polar surface area (TPSA) is 155 Å². The van der Waals surface area contributed by atoms with Gasteiger partial charge in [0, 0.05) is 20.5 Å². The van der Waals surface area contributed by atoms with Gasteiger partial charge < -0.3 is 20.5 Å². The van der Waals surface area contributed by atoms with Crippen molar-refractivity contribution in [3.63, 3.8) is 0 Å². The zero-order chi connectivity index (χ0) is 24.1. The lowest BCUT2D eigenvalue weighted by molar-refractivity contribution is -0.130. The number of fused-ring (bicyclic) bond motifs is 1. The molecule has 3 amide bonds. The molecule has 0 aliphatic carbocycles. The summed E-state index contributed by atoms with van der Waals surface area (Å²) in [7, 11) is 2.51. The third-order valence-electron chi connectivity index (χ3n) is 5.89. The first-order valence-electron chi connectivity index (χ1n) is 10.2. The van der Waals surface area contributed by atoms with Crippen LogP contribution in [0.1, 0.15) is 29.3 Å². The second-order valence-electron chi connectivity index (χ2n) is 8.05. The number of imide groups is 1. The number of urea groups is 1. The molecular weight excluding hydrogens is 434 g/mol. The molecule has 3 N–H and O–H groups in total. The third-order valence-corrected chi connectivity index (χ3v) is 5.89. The number of ether oxygens (including phenoxy) is 2. The number of nitrogens with one attached hydrogen (secondary N) is 1. The molecule has 174 valence electrons. The van der Waals surface area contributed by atoms with E-state index in [1.807, 2.05) is 0 Å². The number of nitrogens with zero attached hydrogens (tertiary/aromatic N) is 3. The molecule has 2 aliphatic heterocycles. The molecule has 0 bridgehead atoms. The van der Waals surface area contributed by atoms with Gasteiger partial charge in [0.25, 0.3) is 11.5 Å². The van der Waals surface area contributed by atoms with Crippen molar-refractivity contribution < 1.29 is 23.9 Å². The van der Waals surface area contributed by atoms with Crippen molar-refractivity contribution >= 4 is 23.5 Å². The van der Waals surface area contributed by atoms with Crippen LogP contribution < -0.4 is 31.8 Å². The van der Waals surface area contributed by atoms with E-state index in [2.05, 4.69) is 5.32 Å². The molecule has 33 heavy (non-hydrogen) atoms. The smallest absolute Gasteiger partial charge is 0.332 e. The van der Waals surface area contributed by atoms with Crippen LogP contribution in [-0.4, -0.2) is 51.5 Å². The minimum Gasteiger partial charge on any atom is -0.490 e. The number of amides is 3. The molecule has 0 radical (unpaired) electrons. The van der Waals surface area contributed by atoms with Crippen molar-refractivity contribution in [2.75, 3.05) is 25.5 Å². The number of Topliss-reactive ketones (excluding diaryl/α,β-unsaturated/α-hetero) is 1. The summed E-state index contributed by atoms with van der Waals surface area (Å²) in [5.41, 5.74) is 2.72. The van der Waals surface area contributed by atoms with Gasteiger partial charge in [-0.25, -0.2) is 9.59 Å². The van der Waals surface area contributed by atoms with Gasteiger partial charge in [0.15, 0.2) is 17.3 Å². The van der Waals surface area contributed by atoms with Crippen LogP contribution in [0.3, 0.4) is 0 Å². The summed E-state index contributed by atoms with van der Waals surface area (Å²) in [6, 6.07) is 4.11. The molecule has 3 heterocycles. The monoisotopic (exact) mass is 457 g/mol. The van der Waals surface area contributed by atoms with Crippen molar-refractivity contribution in [1.29, 1.82) is 0 Å². The molecule has 1 saturated heterocycles. The predicted octanol–water partition coefficient (Wildman–Crippen LogP) is -0.523. The van der Waals surface area contributed by atoms with Crippen molar-refractivity contribution in [1.82, 2.24) is 19.4 Å². The highest BCUT2D eigenvalue weighted by molar-refractivity contribution is 6.12. The molecule has 2 aliphatic rings. The number of carbonyl (C=O) groups is 3. The molecule has 1 aromatic heterocycles. The molecule has 4 rings (SSSR count). The van der Waals surface area contributed by atoms with Crippen molar-refractivity contribution in [3.8, 4) is 11.5 Å². The number of hydrogen-bond donors (Lipinski definition) is 2. The second kappa shape index (κ2) is 7.80. The molecule has 1 aromatic carbocycles. The normalized spacial score (nSPS) is 19.9. The maximum atomic E-state index is 13.2. The first kappa shape index (κ1) is 22.1. The summed E-state index contributed by atoms with van der Waals surface area (Å²) in [6.07, 6.45) is 0.709. The summed E-state index contributed by atoms with van der Waals surface area (Å²) in [6.45, 7) is 1.74. The molecular formula is C21H23N5O7. The average Bonchev–Trinajstić information content (AvgIpc) is 2.95. The molecule has 12 heteroatoms. The van der Waals surface area contributed by atoms with E-state index in [1.54, 1.807) is 18.2 Å². The van der Waals surface area contributed by atoms with Crippen molar-refractivity contribution in [2.45, 2.75) is 18.9 Å². The van der Waals surface area contributed by atoms with Gasteiger partial charge in [-0.15, -0.1) is 0 Å². The summed E-state index contributed by atoms with van der Waals surface area (Å²) in [5.74, 6) is -0.912. The fourth-order valence-electron chi connectivity index (χ4n) is 3.86. The minimum atomic E-state index is -1.47. The summed E-state index contributed by atoms with van der Waals surface area (Å²) in [4.78, 5) is 64.0. The van der Waals surface area contributed by atoms with Gasteiger partial charge in [-0.2, -0.15) is 0 Å². The van der Waals surface area contributed by atoms with Gasteiger partial charge >= 0.3 is 11.7 Å². The molecule has 1 atom stereocenters. The molecule has 12 nitrogen and oxygen atoms in total. The average molecular weight is 457 g/mol. The zero-order valence-corrected chi connectivity index (χ0v) is 18.3. The maximum Gasteiger partial charge on any atom is 0.332 e. The van der Waals surface area contributed by atoms with Gasteiger partial charge in [-0.05, 0) is 24.6 Å². The van der Waals surface area contributed by atoms with Crippen LogP contribution in [0.5, 0.6) is 11.5 Å². The molecule has 0 spiro atoms. The van der Waals surface area contributed by atoms with Gasteiger partial charge in [0.05, 0.1) is 19.8 Å². The van der Waals surface area contributed by atoms with Gasteiger partial charge in [0.2, 0.25) is 0 Å². The van der Waals surface area contributed by atoms with E-state index in [9.17, 15) is 24.0 Å². The van der Waals surface area contributed by atoms with Crippen molar-refractivity contribution in [2.24, 2.45) is 14.1 Å². The number of nitrogen functional groups attached to an aromatic ring is 1. The molecule has 1 fully saturated rings. The van der Waals surface area contributed by atoms with Crippen LogP contribution in [0, 0.1) is 0 Å². The fourth-order valence-corrected chi connectivity index (χ4v) is 3.86. The lowest BCUT2D eigenvalue weighted by Gasteiger charge is -2.23. The number of aromatic nitrogens is 2. The Morgan fingerprint density at radius 3 is 2.45 bits per heavy atom. The Bertz CT molecular complexity index is 1310. The summed E-state index contributed by atoms with van der Waals surface area (Å²) in [5, 5.41) is 2.61. The number of hydrogen-bond acceptors (Lipinski definition) is 8. The van der Waals surface area contributed by atoms with Crippen LogP contribution in [0.25, 0.3) is 0 Å². The Morgan fingerprint density at radius 2 is 1.76 bits per heavy atom. The van der Waals surface area contributed by atoms with Crippen molar-refractivity contribution in [3.05, 3.63) is 50.2 Å². The van der Waals surface area contributed by atoms with E-state index in [-0.39, 0.29) is 5.82 Å². The van der Waals surface area contributed by atoms with Crippen LogP contribution >= 0.6 is 0 Å². The van der Waals surface area contributed by atoms with E-state index in [0.29, 0.717) is 36.7 Å². The van der Waals surface area contributed by atoms with Gasteiger partial charge in [0.1, 0.15) is 16.9 Å². The Balaban J connectivity index is 1.65. The van der Waals surface area contributed by atoms with Crippen LogP contribution in [0.2, 0.25) is 0 Å². The number of carbonyl (C=O) groups excluding carboxylic acids is 3. The first-order chi connectivity index (χ1) is 15.6. The fraction of sp³-hybridized carbons (Fsp3) is 0.381. The van der Waals surface area contributed by atoms with E-state index >= 15 is 0 Å². The largest absolute Gasteiger partial charge is 0.490 e. The summed E-state index contributed by atoms with van der Waals surface area (Å²) >= 11 is 0. The maximum absolute atomic E-state index is 13.2.